The third-order valence-corrected chi connectivity index (χ3v) is 2.17. The lowest BCUT2D eigenvalue weighted by Crippen LogP contribution is -2.30. The summed E-state index contributed by atoms with van der Waals surface area (Å²) in [4.78, 5) is 3.46. The smallest absolute Gasteiger partial charge is 0.0782 e. The average molecular weight is 231 g/mol. The minimum atomic E-state index is 0.611. The fourth-order valence-corrected chi connectivity index (χ4v) is 1.66. The maximum absolute atomic E-state index is 5.14. The van der Waals surface area contributed by atoms with Gasteiger partial charge in [-0.3, -0.25) is 0 Å². The van der Waals surface area contributed by atoms with Crippen molar-refractivity contribution >= 4 is 17.2 Å². The van der Waals surface area contributed by atoms with Crippen LogP contribution in [0.5, 0.6) is 0 Å². The third-order valence-electron chi connectivity index (χ3n) is 1.73. The van der Waals surface area contributed by atoms with Crippen molar-refractivity contribution in [3.63, 3.8) is 0 Å². The molecule has 92 valence electrons. The minimum Gasteiger partial charge on any atom is -0.364 e. The van der Waals surface area contributed by atoms with Crippen LogP contribution in [0.25, 0.3) is 0 Å². The first kappa shape index (κ1) is 17.3. The van der Waals surface area contributed by atoms with Crippen molar-refractivity contribution in [2.45, 2.75) is 67.3 Å². The van der Waals surface area contributed by atoms with Gasteiger partial charge in [0, 0.05) is 12.6 Å². The first-order valence-corrected chi connectivity index (χ1v) is 6.65. The van der Waals surface area contributed by atoms with Gasteiger partial charge in [0.05, 0.1) is 4.99 Å². The van der Waals surface area contributed by atoms with Crippen LogP contribution in [-0.4, -0.2) is 22.5 Å². The minimum absolute atomic E-state index is 0.611. The Balaban J connectivity index is 0. The van der Waals surface area contributed by atoms with Gasteiger partial charge < -0.3 is 4.90 Å². The molecule has 0 spiro atoms. The molecule has 0 radical (unpaired) electrons. The summed E-state index contributed by atoms with van der Waals surface area (Å²) in [7, 11) is 0. The van der Waals surface area contributed by atoms with Crippen molar-refractivity contribution in [3.05, 3.63) is 0 Å². The van der Waals surface area contributed by atoms with E-state index in [9.17, 15) is 0 Å². The molecule has 1 nitrogen and oxygen atoms in total. The molecule has 1 aliphatic rings. The van der Waals surface area contributed by atoms with E-state index >= 15 is 0 Å². The second kappa shape index (κ2) is 10.4. The standard InChI is InChI=1S/C7H13NS.C4H10.C2H6/c1-6(2)8-5-3-4-7(8)9;1-4(2)3;1-2/h6H,3-5H2,1-2H3;4H,1-3H3;1-2H3. The van der Waals surface area contributed by atoms with Gasteiger partial charge in [0.1, 0.15) is 0 Å². The van der Waals surface area contributed by atoms with Crippen LogP contribution in [0.3, 0.4) is 0 Å². The van der Waals surface area contributed by atoms with Gasteiger partial charge in [-0.1, -0.05) is 46.8 Å². The molecule has 0 aromatic carbocycles. The van der Waals surface area contributed by atoms with Crippen molar-refractivity contribution in [1.82, 2.24) is 4.90 Å². The largest absolute Gasteiger partial charge is 0.364 e. The highest BCUT2D eigenvalue weighted by molar-refractivity contribution is 7.80. The van der Waals surface area contributed by atoms with Gasteiger partial charge in [0.15, 0.2) is 0 Å². The van der Waals surface area contributed by atoms with Gasteiger partial charge >= 0.3 is 0 Å². The molecule has 1 fully saturated rings. The van der Waals surface area contributed by atoms with Gasteiger partial charge in [-0.15, -0.1) is 0 Å². The zero-order valence-corrected chi connectivity index (χ0v) is 12.4. The predicted octanol–water partition coefficient (Wildman–Crippen LogP) is 4.51. The lowest BCUT2D eigenvalue weighted by atomic mass is 10.3. The molecule has 0 saturated carbocycles. The highest BCUT2D eigenvalue weighted by Gasteiger charge is 2.18. The Morgan fingerprint density at radius 3 is 1.60 bits per heavy atom. The highest BCUT2D eigenvalue weighted by Crippen LogP contribution is 2.14. The molecule has 0 atom stereocenters. The summed E-state index contributed by atoms with van der Waals surface area (Å²) in [6, 6.07) is 0.611. The molecule has 0 unspecified atom stereocenters. The summed E-state index contributed by atoms with van der Waals surface area (Å²) in [6.45, 7) is 16.1. The van der Waals surface area contributed by atoms with Crippen molar-refractivity contribution in [2.75, 3.05) is 6.54 Å². The summed E-state index contributed by atoms with van der Waals surface area (Å²) in [6.07, 6.45) is 2.39. The number of nitrogens with zero attached hydrogens (tertiary/aromatic N) is 1. The van der Waals surface area contributed by atoms with Crippen LogP contribution >= 0.6 is 12.2 Å². The van der Waals surface area contributed by atoms with Crippen molar-refractivity contribution < 1.29 is 0 Å². The number of hydrogen-bond donors (Lipinski definition) is 0. The van der Waals surface area contributed by atoms with Crippen molar-refractivity contribution in [3.8, 4) is 0 Å². The van der Waals surface area contributed by atoms with Gasteiger partial charge in [0.25, 0.3) is 0 Å². The number of rotatable bonds is 1. The van der Waals surface area contributed by atoms with E-state index < -0.39 is 0 Å². The molecular formula is C13H29NS. The van der Waals surface area contributed by atoms with Crippen molar-refractivity contribution in [2.24, 2.45) is 5.92 Å². The highest BCUT2D eigenvalue weighted by atomic mass is 32.1. The monoisotopic (exact) mass is 231 g/mol. The maximum Gasteiger partial charge on any atom is 0.0782 e. The average Bonchev–Trinajstić information content (AvgIpc) is 2.54. The van der Waals surface area contributed by atoms with Crippen molar-refractivity contribution in [1.29, 1.82) is 0 Å². The number of thiocarbonyl (C=S) groups is 1. The molecule has 15 heavy (non-hydrogen) atoms. The zero-order chi connectivity index (χ0) is 12.4. The van der Waals surface area contributed by atoms with E-state index in [1.807, 2.05) is 13.8 Å². The lowest BCUT2D eigenvalue weighted by molar-refractivity contribution is 0.383. The molecule has 0 aliphatic carbocycles. The second-order valence-electron chi connectivity index (χ2n) is 4.52. The van der Waals surface area contributed by atoms with Gasteiger partial charge in [-0.25, -0.2) is 0 Å². The van der Waals surface area contributed by atoms with E-state index in [1.165, 1.54) is 13.0 Å². The van der Waals surface area contributed by atoms with E-state index in [4.69, 9.17) is 12.2 Å². The molecule has 1 rings (SSSR count). The lowest BCUT2D eigenvalue weighted by Gasteiger charge is -2.21. The Kier molecular flexibility index (Phi) is 12.0. The molecule has 1 heterocycles. The van der Waals surface area contributed by atoms with E-state index in [0.717, 1.165) is 17.3 Å². The van der Waals surface area contributed by atoms with Gasteiger partial charge in [-0.2, -0.15) is 0 Å². The fraction of sp³-hybridized carbons (Fsp3) is 0.923. The van der Waals surface area contributed by atoms with E-state index in [1.54, 1.807) is 0 Å². The van der Waals surface area contributed by atoms with E-state index in [2.05, 4.69) is 39.5 Å². The Labute approximate surface area is 102 Å². The quantitative estimate of drug-likeness (QED) is 0.611. The molecule has 0 N–H and O–H groups in total. The summed E-state index contributed by atoms with van der Waals surface area (Å²) in [5.74, 6) is 0.833. The zero-order valence-electron chi connectivity index (χ0n) is 11.6. The molecular weight excluding hydrogens is 202 g/mol. The first-order chi connectivity index (χ1) is 6.95. The molecule has 0 aromatic heterocycles. The fourth-order valence-electron chi connectivity index (χ4n) is 1.22. The van der Waals surface area contributed by atoms with Crippen LogP contribution < -0.4 is 0 Å². The topological polar surface area (TPSA) is 3.24 Å². The van der Waals surface area contributed by atoms with Gasteiger partial charge in [0.2, 0.25) is 0 Å². The van der Waals surface area contributed by atoms with Crippen LogP contribution in [0.4, 0.5) is 0 Å². The maximum atomic E-state index is 5.14. The van der Waals surface area contributed by atoms with Crippen LogP contribution in [0.15, 0.2) is 0 Å². The molecule has 0 bridgehead atoms. The van der Waals surface area contributed by atoms with E-state index in [-0.39, 0.29) is 0 Å². The van der Waals surface area contributed by atoms with Crippen LogP contribution in [0.1, 0.15) is 61.3 Å². The molecule has 0 amide bonds. The summed E-state index contributed by atoms with van der Waals surface area (Å²) < 4.78 is 0. The van der Waals surface area contributed by atoms with E-state index in [0.29, 0.717) is 6.04 Å². The van der Waals surface area contributed by atoms with Crippen LogP contribution in [-0.2, 0) is 0 Å². The molecule has 0 aromatic rings. The first-order valence-electron chi connectivity index (χ1n) is 6.24. The summed E-state index contributed by atoms with van der Waals surface area (Å²) >= 11 is 5.14. The van der Waals surface area contributed by atoms with Gasteiger partial charge in [-0.05, 0) is 32.6 Å². The van der Waals surface area contributed by atoms with Crippen LogP contribution in [0, 0.1) is 5.92 Å². The summed E-state index contributed by atoms with van der Waals surface area (Å²) in [5, 5.41) is 0. The SMILES string of the molecule is CC.CC(C)C.CC(C)N1CCCC1=S. The summed E-state index contributed by atoms with van der Waals surface area (Å²) in [5.41, 5.74) is 0. The Morgan fingerprint density at radius 1 is 1.07 bits per heavy atom. The number of hydrogen-bond acceptors (Lipinski definition) is 1. The Morgan fingerprint density at radius 2 is 1.47 bits per heavy atom. The molecule has 2 heteroatoms. The number of likely N-dealkylation sites (tertiary alicyclic amines) is 1. The van der Waals surface area contributed by atoms with Crippen LogP contribution in [0.2, 0.25) is 0 Å². The Hall–Kier alpha value is -0.110. The normalized spacial score (nSPS) is 14.7. The predicted molar refractivity (Wildman–Crippen MR) is 75.5 cm³/mol. The molecule has 1 saturated heterocycles. The second-order valence-corrected chi connectivity index (χ2v) is 4.99. The third kappa shape index (κ3) is 10.2. The molecule has 1 aliphatic heterocycles. The Bertz CT molecular complexity index is 150.